The Labute approximate surface area is 163 Å². The van der Waals surface area contributed by atoms with Crippen molar-refractivity contribution in [1.29, 1.82) is 0 Å². The number of carboxylic acid groups (broad SMARTS) is 1. The highest BCUT2D eigenvalue weighted by Gasteiger charge is 2.33. The van der Waals surface area contributed by atoms with Crippen LogP contribution in [0.25, 0.3) is 0 Å². The molecule has 0 bridgehead atoms. The molecule has 6 heteroatoms. The van der Waals surface area contributed by atoms with Crippen LogP contribution in [0, 0.1) is 0 Å². The zero-order valence-electron chi connectivity index (χ0n) is 15.6. The van der Waals surface area contributed by atoms with Crippen molar-refractivity contribution in [3.05, 3.63) is 59.2 Å². The van der Waals surface area contributed by atoms with E-state index in [1.54, 1.807) is 24.3 Å². The number of para-hydroxylation sites is 1. The molecule has 146 valence electrons. The summed E-state index contributed by atoms with van der Waals surface area (Å²) in [6.45, 7) is 1.75. The van der Waals surface area contributed by atoms with Gasteiger partial charge in [0.05, 0.1) is 11.6 Å². The molecule has 0 radical (unpaired) electrons. The monoisotopic (exact) mass is 381 g/mol. The number of carboxylic acids is 1. The second-order valence-electron chi connectivity index (χ2n) is 7.08. The van der Waals surface area contributed by atoms with Crippen molar-refractivity contribution in [2.45, 2.75) is 31.7 Å². The minimum atomic E-state index is -0.963. The molecule has 0 saturated carbocycles. The van der Waals surface area contributed by atoms with Crippen molar-refractivity contribution < 1.29 is 24.2 Å². The van der Waals surface area contributed by atoms with Gasteiger partial charge in [-0.2, -0.15) is 0 Å². The Hall–Kier alpha value is -3.02. The molecule has 2 aliphatic heterocycles. The number of hydrogen-bond donors (Lipinski definition) is 1. The van der Waals surface area contributed by atoms with Gasteiger partial charge in [0.25, 0.3) is 0 Å². The van der Waals surface area contributed by atoms with Crippen molar-refractivity contribution >= 4 is 11.9 Å². The minimum Gasteiger partial charge on any atom is -0.486 e. The van der Waals surface area contributed by atoms with Crippen molar-refractivity contribution in [3.8, 4) is 11.5 Å². The summed E-state index contributed by atoms with van der Waals surface area (Å²) >= 11 is 0. The molecule has 1 fully saturated rings. The number of fused-ring (bicyclic) bond motifs is 1. The molecule has 2 aliphatic rings. The molecule has 6 nitrogen and oxygen atoms in total. The normalized spacial score (nSPS) is 18.1. The summed E-state index contributed by atoms with van der Waals surface area (Å²) in [5.74, 6) is 0.556. The molecule has 1 N–H and O–H groups in total. The molecule has 0 aliphatic carbocycles. The van der Waals surface area contributed by atoms with E-state index in [0.29, 0.717) is 31.7 Å². The summed E-state index contributed by atoms with van der Waals surface area (Å²) in [7, 11) is 0. The summed E-state index contributed by atoms with van der Waals surface area (Å²) < 4.78 is 11.5. The van der Waals surface area contributed by atoms with Gasteiger partial charge in [-0.3, -0.25) is 4.79 Å². The number of nitrogens with zero attached hydrogens (tertiary/aromatic N) is 1. The van der Waals surface area contributed by atoms with Gasteiger partial charge in [-0.05, 0) is 37.0 Å². The highest BCUT2D eigenvalue weighted by Crippen LogP contribution is 2.43. The standard InChI is InChI=1S/C22H23NO5/c24-20(11-10-15-5-1-2-6-16(15)22(25)26)23-12-4-8-18(23)17-7-3-9-19-21(17)28-14-13-27-19/h1-3,5-7,9,18H,4,8,10-14H2,(H,25,26). The molecular formula is C22H23NO5. The van der Waals surface area contributed by atoms with Gasteiger partial charge in [0.2, 0.25) is 5.91 Å². The average Bonchev–Trinajstić information content (AvgIpc) is 3.21. The second-order valence-corrected chi connectivity index (χ2v) is 7.08. The van der Waals surface area contributed by atoms with E-state index in [4.69, 9.17) is 9.47 Å². The van der Waals surface area contributed by atoms with Crippen molar-refractivity contribution in [2.75, 3.05) is 19.8 Å². The van der Waals surface area contributed by atoms with Crippen molar-refractivity contribution in [3.63, 3.8) is 0 Å². The van der Waals surface area contributed by atoms with E-state index < -0.39 is 5.97 Å². The summed E-state index contributed by atoms with van der Waals surface area (Å²) in [6, 6.07) is 12.7. The van der Waals surface area contributed by atoms with Crippen LogP contribution in [0.3, 0.4) is 0 Å². The lowest BCUT2D eigenvalue weighted by atomic mass is 10.0. The number of ether oxygens (including phenoxy) is 2. The van der Waals surface area contributed by atoms with Crippen LogP contribution in [-0.2, 0) is 11.2 Å². The first-order chi connectivity index (χ1) is 13.6. The molecule has 2 aromatic carbocycles. The molecule has 2 aromatic rings. The van der Waals surface area contributed by atoms with Gasteiger partial charge in [0, 0.05) is 18.5 Å². The predicted molar refractivity (Wildman–Crippen MR) is 103 cm³/mol. The number of aromatic carboxylic acids is 1. The number of carbonyl (C=O) groups is 2. The minimum absolute atomic E-state index is 0.0288. The molecule has 1 saturated heterocycles. The molecule has 2 heterocycles. The van der Waals surface area contributed by atoms with Gasteiger partial charge in [-0.1, -0.05) is 30.3 Å². The Morgan fingerprint density at radius 1 is 1.07 bits per heavy atom. The number of rotatable bonds is 5. The first-order valence-electron chi connectivity index (χ1n) is 9.64. The molecule has 0 spiro atoms. The van der Waals surface area contributed by atoms with Crippen molar-refractivity contribution in [2.24, 2.45) is 0 Å². The van der Waals surface area contributed by atoms with Crippen LogP contribution >= 0.6 is 0 Å². The summed E-state index contributed by atoms with van der Waals surface area (Å²) in [5.41, 5.74) is 1.94. The Kier molecular flexibility index (Phi) is 5.19. The van der Waals surface area contributed by atoms with E-state index in [-0.39, 0.29) is 23.9 Å². The van der Waals surface area contributed by atoms with Gasteiger partial charge >= 0.3 is 5.97 Å². The molecule has 4 rings (SSSR count). The first kappa shape index (κ1) is 18.3. The van der Waals surface area contributed by atoms with Gasteiger partial charge in [-0.15, -0.1) is 0 Å². The topological polar surface area (TPSA) is 76.1 Å². The maximum absolute atomic E-state index is 13.0. The van der Waals surface area contributed by atoms with Crippen LogP contribution in [0.1, 0.15) is 46.8 Å². The third kappa shape index (κ3) is 3.54. The van der Waals surface area contributed by atoms with Gasteiger partial charge in [0.1, 0.15) is 13.2 Å². The lowest BCUT2D eigenvalue weighted by Crippen LogP contribution is -2.31. The van der Waals surface area contributed by atoms with E-state index in [1.165, 1.54) is 0 Å². The summed E-state index contributed by atoms with van der Waals surface area (Å²) in [5, 5.41) is 9.32. The summed E-state index contributed by atoms with van der Waals surface area (Å²) in [6.07, 6.45) is 2.52. The number of hydrogen-bond acceptors (Lipinski definition) is 4. The fourth-order valence-electron chi connectivity index (χ4n) is 4.08. The summed E-state index contributed by atoms with van der Waals surface area (Å²) in [4.78, 5) is 26.2. The molecule has 28 heavy (non-hydrogen) atoms. The lowest BCUT2D eigenvalue weighted by molar-refractivity contribution is -0.132. The maximum Gasteiger partial charge on any atom is 0.335 e. The fraction of sp³-hybridized carbons (Fsp3) is 0.364. The van der Waals surface area contributed by atoms with Crippen molar-refractivity contribution in [1.82, 2.24) is 4.90 Å². The molecule has 0 aromatic heterocycles. The largest absolute Gasteiger partial charge is 0.486 e. The number of likely N-dealkylation sites (tertiary alicyclic amines) is 1. The average molecular weight is 381 g/mol. The van der Waals surface area contributed by atoms with Crippen LogP contribution in [-0.4, -0.2) is 41.6 Å². The SMILES string of the molecule is O=C(O)c1ccccc1CCC(=O)N1CCCC1c1cccc2c1OCCO2. The molecular weight excluding hydrogens is 358 g/mol. The van der Waals surface area contributed by atoms with Crippen LogP contribution in [0.2, 0.25) is 0 Å². The fourth-order valence-corrected chi connectivity index (χ4v) is 4.08. The maximum atomic E-state index is 13.0. The van der Waals surface area contributed by atoms with Crippen LogP contribution < -0.4 is 9.47 Å². The molecule has 1 amide bonds. The number of carbonyl (C=O) groups excluding carboxylic acids is 1. The Morgan fingerprint density at radius 3 is 2.75 bits per heavy atom. The Morgan fingerprint density at radius 2 is 1.89 bits per heavy atom. The highest BCUT2D eigenvalue weighted by atomic mass is 16.6. The smallest absolute Gasteiger partial charge is 0.335 e. The second kappa shape index (κ2) is 7.92. The van der Waals surface area contributed by atoms with Gasteiger partial charge in [0.15, 0.2) is 11.5 Å². The van der Waals surface area contributed by atoms with E-state index in [0.717, 1.165) is 29.9 Å². The van der Waals surface area contributed by atoms with Gasteiger partial charge < -0.3 is 19.5 Å². The molecule has 1 atom stereocenters. The van der Waals surface area contributed by atoms with E-state index in [1.807, 2.05) is 23.1 Å². The number of benzene rings is 2. The molecule has 1 unspecified atom stereocenters. The number of amides is 1. The van der Waals surface area contributed by atoms with Crippen LogP contribution in [0.15, 0.2) is 42.5 Å². The van der Waals surface area contributed by atoms with Gasteiger partial charge in [-0.25, -0.2) is 4.79 Å². The van der Waals surface area contributed by atoms with E-state index in [2.05, 4.69) is 0 Å². The number of aryl methyl sites for hydroxylation is 1. The Balaban J connectivity index is 1.50. The van der Waals surface area contributed by atoms with E-state index >= 15 is 0 Å². The highest BCUT2D eigenvalue weighted by molar-refractivity contribution is 5.89. The zero-order chi connectivity index (χ0) is 19.5. The first-order valence-corrected chi connectivity index (χ1v) is 9.64. The van der Waals surface area contributed by atoms with Crippen LogP contribution in [0.5, 0.6) is 11.5 Å². The zero-order valence-corrected chi connectivity index (χ0v) is 15.6. The third-order valence-electron chi connectivity index (χ3n) is 5.38. The predicted octanol–water partition coefficient (Wildman–Crippen LogP) is 3.45. The third-order valence-corrected chi connectivity index (χ3v) is 5.38. The Bertz CT molecular complexity index is 894. The lowest BCUT2D eigenvalue weighted by Gasteiger charge is -2.29. The van der Waals surface area contributed by atoms with E-state index in [9.17, 15) is 14.7 Å². The van der Waals surface area contributed by atoms with Crippen LogP contribution in [0.4, 0.5) is 0 Å². The quantitative estimate of drug-likeness (QED) is 0.858.